The SMILES string of the molecule is C=C=C(OC)C(C)O. The Morgan fingerprint density at radius 3 is 2.38 bits per heavy atom. The molecular formula is C6H10O2. The second kappa shape index (κ2) is 3.30. The van der Waals surface area contributed by atoms with Crippen molar-refractivity contribution in [2.24, 2.45) is 0 Å². The number of hydrogen-bond acceptors (Lipinski definition) is 2. The molecule has 0 fully saturated rings. The number of ether oxygens (including phenoxy) is 1. The highest BCUT2D eigenvalue weighted by Crippen LogP contribution is 1.97. The molecule has 0 aliphatic carbocycles. The number of aliphatic hydroxyl groups is 1. The van der Waals surface area contributed by atoms with Gasteiger partial charge in [0.05, 0.1) is 7.11 Å². The van der Waals surface area contributed by atoms with Gasteiger partial charge in [-0.25, -0.2) is 0 Å². The molecule has 0 aromatic carbocycles. The molecule has 46 valence electrons. The first-order valence-corrected chi connectivity index (χ1v) is 2.34. The normalized spacial score (nSPS) is 11.9. The number of methoxy groups -OCH3 is 1. The maximum absolute atomic E-state index is 8.75. The Morgan fingerprint density at radius 1 is 1.88 bits per heavy atom. The Balaban J connectivity index is 3.92. The fraction of sp³-hybridized carbons (Fsp3) is 0.500. The molecule has 0 bridgehead atoms. The van der Waals surface area contributed by atoms with Crippen LogP contribution in [0.4, 0.5) is 0 Å². The van der Waals surface area contributed by atoms with Crippen molar-refractivity contribution in [2.45, 2.75) is 13.0 Å². The number of rotatable bonds is 2. The maximum atomic E-state index is 8.75. The summed E-state index contributed by atoms with van der Waals surface area (Å²) in [5, 5.41) is 8.75. The first-order valence-electron chi connectivity index (χ1n) is 2.34. The van der Waals surface area contributed by atoms with Crippen LogP contribution in [0.1, 0.15) is 6.92 Å². The van der Waals surface area contributed by atoms with Crippen LogP contribution >= 0.6 is 0 Å². The molecule has 0 aliphatic rings. The van der Waals surface area contributed by atoms with Gasteiger partial charge in [0.2, 0.25) is 0 Å². The molecule has 0 rings (SSSR count). The fourth-order valence-corrected chi connectivity index (χ4v) is 0.390. The van der Waals surface area contributed by atoms with Crippen molar-refractivity contribution >= 4 is 0 Å². The zero-order chi connectivity index (χ0) is 6.57. The fourth-order valence-electron chi connectivity index (χ4n) is 0.390. The van der Waals surface area contributed by atoms with Crippen molar-refractivity contribution in [3.8, 4) is 0 Å². The van der Waals surface area contributed by atoms with Crippen LogP contribution in [0.15, 0.2) is 18.1 Å². The molecule has 1 N–H and O–H groups in total. The van der Waals surface area contributed by atoms with Crippen LogP contribution in [-0.4, -0.2) is 18.3 Å². The van der Waals surface area contributed by atoms with Gasteiger partial charge in [0, 0.05) is 0 Å². The summed E-state index contributed by atoms with van der Waals surface area (Å²) in [4.78, 5) is 0. The van der Waals surface area contributed by atoms with Crippen molar-refractivity contribution in [1.82, 2.24) is 0 Å². The summed E-state index contributed by atoms with van der Waals surface area (Å²) in [6.07, 6.45) is -0.600. The first kappa shape index (κ1) is 7.28. The highest BCUT2D eigenvalue weighted by Gasteiger charge is 1.99. The van der Waals surface area contributed by atoms with Crippen molar-refractivity contribution in [3.63, 3.8) is 0 Å². The summed E-state index contributed by atoms with van der Waals surface area (Å²) in [7, 11) is 1.47. The molecule has 0 spiro atoms. The van der Waals surface area contributed by atoms with E-state index >= 15 is 0 Å². The maximum Gasteiger partial charge on any atom is 0.165 e. The summed E-state index contributed by atoms with van der Waals surface area (Å²) in [5.74, 6) is 0.380. The molecule has 0 heterocycles. The summed E-state index contributed by atoms with van der Waals surface area (Å²) in [5.41, 5.74) is 2.45. The van der Waals surface area contributed by atoms with E-state index in [1.165, 1.54) is 7.11 Å². The zero-order valence-electron chi connectivity index (χ0n) is 5.14. The van der Waals surface area contributed by atoms with Crippen molar-refractivity contribution in [3.05, 3.63) is 18.1 Å². The molecule has 2 heteroatoms. The third kappa shape index (κ3) is 1.82. The van der Waals surface area contributed by atoms with Crippen LogP contribution in [0.2, 0.25) is 0 Å². The van der Waals surface area contributed by atoms with Crippen LogP contribution in [0.3, 0.4) is 0 Å². The Hall–Kier alpha value is -0.720. The van der Waals surface area contributed by atoms with E-state index in [0.29, 0.717) is 5.76 Å². The molecule has 0 aliphatic heterocycles. The lowest BCUT2D eigenvalue weighted by atomic mass is 10.3. The minimum Gasteiger partial charge on any atom is -0.490 e. The van der Waals surface area contributed by atoms with Gasteiger partial charge in [-0.3, -0.25) is 0 Å². The van der Waals surface area contributed by atoms with Gasteiger partial charge in [-0.15, -0.1) is 0 Å². The van der Waals surface area contributed by atoms with Crippen LogP contribution in [-0.2, 0) is 4.74 Å². The van der Waals surface area contributed by atoms with Gasteiger partial charge >= 0.3 is 0 Å². The van der Waals surface area contributed by atoms with E-state index in [-0.39, 0.29) is 0 Å². The van der Waals surface area contributed by atoms with E-state index in [4.69, 9.17) is 5.11 Å². The second-order valence-electron chi connectivity index (χ2n) is 1.42. The molecule has 1 unspecified atom stereocenters. The molecule has 0 saturated carbocycles. The van der Waals surface area contributed by atoms with Crippen LogP contribution in [0, 0.1) is 0 Å². The average molecular weight is 114 g/mol. The molecule has 1 atom stereocenters. The van der Waals surface area contributed by atoms with Gasteiger partial charge in [-0.2, -0.15) is 0 Å². The lowest BCUT2D eigenvalue weighted by Gasteiger charge is -2.03. The van der Waals surface area contributed by atoms with Gasteiger partial charge in [0.1, 0.15) is 6.10 Å². The van der Waals surface area contributed by atoms with E-state index in [1.54, 1.807) is 6.92 Å². The van der Waals surface area contributed by atoms with E-state index in [9.17, 15) is 0 Å². The second-order valence-corrected chi connectivity index (χ2v) is 1.42. The van der Waals surface area contributed by atoms with Gasteiger partial charge < -0.3 is 9.84 Å². The minimum absolute atomic E-state index is 0.380. The summed E-state index contributed by atoms with van der Waals surface area (Å²) < 4.78 is 4.65. The third-order valence-corrected chi connectivity index (χ3v) is 0.774. The average Bonchev–Trinajstić information content (AvgIpc) is 1.69. The number of hydrogen-bond donors (Lipinski definition) is 1. The van der Waals surface area contributed by atoms with Crippen molar-refractivity contribution in [2.75, 3.05) is 7.11 Å². The topological polar surface area (TPSA) is 29.5 Å². The summed E-state index contributed by atoms with van der Waals surface area (Å²) in [6, 6.07) is 0. The monoisotopic (exact) mass is 114 g/mol. The van der Waals surface area contributed by atoms with Gasteiger partial charge in [-0.1, -0.05) is 12.3 Å². The van der Waals surface area contributed by atoms with E-state index in [2.05, 4.69) is 17.0 Å². The summed E-state index contributed by atoms with van der Waals surface area (Å²) in [6.45, 7) is 4.90. The molecular weight excluding hydrogens is 104 g/mol. The standard InChI is InChI=1S/C6H10O2/c1-4-6(8-3)5(2)7/h5,7H,1H2,2-3H3. The highest BCUT2D eigenvalue weighted by atomic mass is 16.5. The Morgan fingerprint density at radius 2 is 2.38 bits per heavy atom. The number of aliphatic hydroxyl groups excluding tert-OH is 1. The molecule has 0 aromatic rings. The Bertz CT molecular complexity index is 110. The molecule has 0 aromatic heterocycles. The van der Waals surface area contributed by atoms with Gasteiger partial charge in [0.15, 0.2) is 5.76 Å². The first-order chi connectivity index (χ1) is 3.72. The lowest BCUT2D eigenvalue weighted by Crippen LogP contribution is -2.04. The van der Waals surface area contributed by atoms with Crippen LogP contribution < -0.4 is 0 Å². The van der Waals surface area contributed by atoms with Crippen LogP contribution in [0.25, 0.3) is 0 Å². The van der Waals surface area contributed by atoms with Gasteiger partial charge in [-0.05, 0) is 6.92 Å². The molecule has 0 amide bonds. The van der Waals surface area contributed by atoms with E-state index in [0.717, 1.165) is 0 Å². The van der Waals surface area contributed by atoms with Crippen molar-refractivity contribution < 1.29 is 9.84 Å². The quantitative estimate of drug-likeness (QED) is 0.422. The van der Waals surface area contributed by atoms with Crippen LogP contribution in [0.5, 0.6) is 0 Å². The lowest BCUT2D eigenvalue weighted by molar-refractivity contribution is 0.142. The minimum atomic E-state index is -0.600. The smallest absolute Gasteiger partial charge is 0.165 e. The highest BCUT2D eigenvalue weighted by molar-refractivity contribution is 4.93. The predicted octanol–water partition coefficient (Wildman–Crippen LogP) is 0.682. The molecule has 2 nitrogen and oxygen atoms in total. The van der Waals surface area contributed by atoms with E-state index in [1.807, 2.05) is 0 Å². The van der Waals surface area contributed by atoms with Gasteiger partial charge in [0.25, 0.3) is 0 Å². The largest absolute Gasteiger partial charge is 0.490 e. The third-order valence-electron chi connectivity index (χ3n) is 0.774. The summed E-state index contributed by atoms with van der Waals surface area (Å²) >= 11 is 0. The molecule has 8 heavy (non-hydrogen) atoms. The van der Waals surface area contributed by atoms with Crippen molar-refractivity contribution in [1.29, 1.82) is 0 Å². The molecule has 0 radical (unpaired) electrons. The molecule has 0 saturated heterocycles. The predicted molar refractivity (Wildman–Crippen MR) is 31.3 cm³/mol. The Kier molecular flexibility index (Phi) is 3.01. The van der Waals surface area contributed by atoms with E-state index < -0.39 is 6.10 Å². The zero-order valence-corrected chi connectivity index (χ0v) is 5.14. The Labute approximate surface area is 49.1 Å².